The minimum atomic E-state index is 0.804. The standard InChI is InChI=1S/C16H28/c1-4-14-11-16(10-7-13(14)3)15-8-5-12(2)6-9-15/h4,12-16H,1,5-11H2,2-3H3. The molecule has 0 amide bonds. The van der Waals surface area contributed by atoms with Gasteiger partial charge in [-0.2, -0.15) is 0 Å². The summed E-state index contributed by atoms with van der Waals surface area (Å²) < 4.78 is 0. The highest BCUT2D eigenvalue weighted by molar-refractivity contribution is 4.91. The van der Waals surface area contributed by atoms with Crippen LogP contribution in [0.15, 0.2) is 12.7 Å². The fraction of sp³-hybridized carbons (Fsp3) is 0.875. The summed E-state index contributed by atoms with van der Waals surface area (Å²) in [5.41, 5.74) is 0. The van der Waals surface area contributed by atoms with Crippen LogP contribution in [0.25, 0.3) is 0 Å². The van der Waals surface area contributed by atoms with Crippen molar-refractivity contribution in [3.05, 3.63) is 12.7 Å². The van der Waals surface area contributed by atoms with Crippen LogP contribution in [-0.2, 0) is 0 Å². The first kappa shape index (κ1) is 12.2. The molecule has 2 aliphatic carbocycles. The molecule has 0 heteroatoms. The van der Waals surface area contributed by atoms with Gasteiger partial charge in [-0.15, -0.1) is 6.58 Å². The fourth-order valence-corrected chi connectivity index (χ4v) is 3.90. The van der Waals surface area contributed by atoms with Crippen LogP contribution in [0.3, 0.4) is 0 Å². The molecule has 0 saturated heterocycles. The second-order valence-corrected chi connectivity index (χ2v) is 6.47. The van der Waals surface area contributed by atoms with Crippen LogP contribution in [0.1, 0.15) is 58.8 Å². The number of hydrogen-bond acceptors (Lipinski definition) is 0. The zero-order chi connectivity index (χ0) is 11.5. The van der Waals surface area contributed by atoms with Gasteiger partial charge in [-0.05, 0) is 61.7 Å². The van der Waals surface area contributed by atoms with Gasteiger partial charge in [0.1, 0.15) is 0 Å². The van der Waals surface area contributed by atoms with Crippen molar-refractivity contribution in [1.82, 2.24) is 0 Å². The molecule has 0 aromatic rings. The van der Waals surface area contributed by atoms with Crippen molar-refractivity contribution in [1.29, 1.82) is 0 Å². The highest BCUT2D eigenvalue weighted by atomic mass is 14.4. The third kappa shape index (κ3) is 2.70. The molecule has 92 valence electrons. The van der Waals surface area contributed by atoms with E-state index in [1.165, 1.54) is 44.9 Å². The van der Waals surface area contributed by atoms with E-state index in [0.29, 0.717) is 0 Å². The average molecular weight is 220 g/mol. The van der Waals surface area contributed by atoms with Crippen molar-refractivity contribution < 1.29 is 0 Å². The van der Waals surface area contributed by atoms with E-state index in [9.17, 15) is 0 Å². The van der Waals surface area contributed by atoms with Gasteiger partial charge in [0.25, 0.3) is 0 Å². The van der Waals surface area contributed by atoms with Gasteiger partial charge in [0.05, 0.1) is 0 Å². The summed E-state index contributed by atoms with van der Waals surface area (Å²) in [5.74, 6) is 4.75. The van der Waals surface area contributed by atoms with E-state index < -0.39 is 0 Å². The Morgan fingerprint density at radius 2 is 1.50 bits per heavy atom. The topological polar surface area (TPSA) is 0 Å². The molecule has 0 aromatic carbocycles. The van der Waals surface area contributed by atoms with E-state index in [0.717, 1.165) is 29.6 Å². The molecule has 2 fully saturated rings. The van der Waals surface area contributed by atoms with Gasteiger partial charge in [-0.1, -0.05) is 32.8 Å². The third-order valence-corrected chi connectivity index (χ3v) is 5.33. The van der Waals surface area contributed by atoms with Crippen LogP contribution in [0.2, 0.25) is 0 Å². The molecule has 0 heterocycles. The summed E-state index contributed by atoms with van der Waals surface area (Å²) >= 11 is 0. The van der Waals surface area contributed by atoms with Crippen molar-refractivity contribution in [2.45, 2.75) is 58.8 Å². The average Bonchev–Trinajstić information content (AvgIpc) is 2.31. The van der Waals surface area contributed by atoms with Crippen LogP contribution in [0.5, 0.6) is 0 Å². The Kier molecular flexibility index (Phi) is 4.10. The van der Waals surface area contributed by atoms with Crippen molar-refractivity contribution in [3.8, 4) is 0 Å². The van der Waals surface area contributed by atoms with Crippen LogP contribution in [0.4, 0.5) is 0 Å². The quantitative estimate of drug-likeness (QED) is 0.571. The zero-order valence-electron chi connectivity index (χ0n) is 11.1. The molecule has 2 aliphatic rings. The maximum Gasteiger partial charge on any atom is -0.0208 e. The normalized spacial score (nSPS) is 45.2. The lowest BCUT2D eigenvalue weighted by Gasteiger charge is -2.39. The van der Waals surface area contributed by atoms with Gasteiger partial charge in [0.15, 0.2) is 0 Å². The summed E-state index contributed by atoms with van der Waals surface area (Å²) in [6.07, 6.45) is 12.6. The Hall–Kier alpha value is -0.260. The van der Waals surface area contributed by atoms with Crippen LogP contribution in [0, 0.1) is 29.6 Å². The minimum absolute atomic E-state index is 0.804. The molecule has 0 aromatic heterocycles. The third-order valence-electron chi connectivity index (χ3n) is 5.33. The lowest BCUT2D eigenvalue weighted by molar-refractivity contribution is 0.130. The minimum Gasteiger partial charge on any atom is -0.103 e. The molecule has 2 saturated carbocycles. The van der Waals surface area contributed by atoms with Crippen molar-refractivity contribution in [3.63, 3.8) is 0 Å². The summed E-state index contributed by atoms with van der Waals surface area (Å²) in [6, 6.07) is 0. The number of allylic oxidation sites excluding steroid dienone is 1. The first-order valence-electron chi connectivity index (χ1n) is 7.33. The van der Waals surface area contributed by atoms with E-state index >= 15 is 0 Å². The maximum absolute atomic E-state index is 4.03. The number of hydrogen-bond donors (Lipinski definition) is 0. The molecule has 0 radical (unpaired) electrons. The Labute approximate surface area is 102 Å². The molecule has 0 nitrogen and oxygen atoms in total. The molecule has 16 heavy (non-hydrogen) atoms. The predicted octanol–water partition coefficient (Wildman–Crippen LogP) is 5.05. The smallest absolute Gasteiger partial charge is 0.0208 e. The van der Waals surface area contributed by atoms with Crippen LogP contribution >= 0.6 is 0 Å². The van der Waals surface area contributed by atoms with Gasteiger partial charge in [0, 0.05) is 0 Å². The Balaban J connectivity index is 1.88. The first-order valence-corrected chi connectivity index (χ1v) is 7.33. The van der Waals surface area contributed by atoms with Gasteiger partial charge in [0.2, 0.25) is 0 Å². The van der Waals surface area contributed by atoms with Gasteiger partial charge < -0.3 is 0 Å². The largest absolute Gasteiger partial charge is 0.103 e. The lowest BCUT2D eigenvalue weighted by atomic mass is 9.66. The van der Waals surface area contributed by atoms with Gasteiger partial charge in [-0.3, -0.25) is 0 Å². The molecular weight excluding hydrogens is 192 g/mol. The monoisotopic (exact) mass is 220 g/mol. The number of rotatable bonds is 2. The molecule has 0 N–H and O–H groups in total. The summed E-state index contributed by atoms with van der Waals surface area (Å²) in [7, 11) is 0. The fourth-order valence-electron chi connectivity index (χ4n) is 3.90. The highest BCUT2D eigenvalue weighted by Crippen LogP contribution is 2.43. The van der Waals surface area contributed by atoms with Crippen LogP contribution in [-0.4, -0.2) is 0 Å². The molecule has 0 spiro atoms. The Morgan fingerprint density at radius 1 is 0.875 bits per heavy atom. The first-order chi connectivity index (χ1) is 7.70. The van der Waals surface area contributed by atoms with E-state index in [1.54, 1.807) is 0 Å². The zero-order valence-corrected chi connectivity index (χ0v) is 11.1. The van der Waals surface area contributed by atoms with E-state index in [1.807, 2.05) is 0 Å². The lowest BCUT2D eigenvalue weighted by Crippen LogP contribution is -2.28. The maximum atomic E-state index is 4.03. The highest BCUT2D eigenvalue weighted by Gasteiger charge is 2.32. The van der Waals surface area contributed by atoms with E-state index in [4.69, 9.17) is 0 Å². The SMILES string of the molecule is C=CC1CC(C2CCC(C)CC2)CCC1C. The van der Waals surface area contributed by atoms with Crippen molar-refractivity contribution in [2.24, 2.45) is 29.6 Å². The van der Waals surface area contributed by atoms with Crippen molar-refractivity contribution >= 4 is 0 Å². The van der Waals surface area contributed by atoms with E-state index in [2.05, 4.69) is 26.5 Å². The summed E-state index contributed by atoms with van der Waals surface area (Å²) in [6.45, 7) is 8.86. The molecule has 3 unspecified atom stereocenters. The predicted molar refractivity (Wildman–Crippen MR) is 71.3 cm³/mol. The summed E-state index contributed by atoms with van der Waals surface area (Å²) in [4.78, 5) is 0. The van der Waals surface area contributed by atoms with E-state index in [-0.39, 0.29) is 0 Å². The molecule has 0 aliphatic heterocycles. The molecule has 2 rings (SSSR count). The van der Waals surface area contributed by atoms with Gasteiger partial charge >= 0.3 is 0 Å². The molecule has 3 atom stereocenters. The second-order valence-electron chi connectivity index (χ2n) is 6.47. The molecule has 0 bridgehead atoms. The van der Waals surface area contributed by atoms with Crippen LogP contribution < -0.4 is 0 Å². The Morgan fingerprint density at radius 3 is 2.12 bits per heavy atom. The Bertz CT molecular complexity index is 222. The van der Waals surface area contributed by atoms with Gasteiger partial charge in [-0.25, -0.2) is 0 Å². The van der Waals surface area contributed by atoms with Crippen molar-refractivity contribution in [2.75, 3.05) is 0 Å². The second kappa shape index (κ2) is 5.38. The summed E-state index contributed by atoms with van der Waals surface area (Å²) in [5, 5.41) is 0. The molecular formula is C16H28.